The Morgan fingerprint density at radius 1 is 1.30 bits per heavy atom. The number of hydrogen-bond donors (Lipinski definition) is 0. The Labute approximate surface area is 120 Å². The number of alkyl halides is 3. The first-order chi connectivity index (χ1) is 9.15. The van der Waals surface area contributed by atoms with E-state index in [-0.39, 0.29) is 11.6 Å². The average Bonchev–Trinajstić information content (AvgIpc) is 2.39. The molecule has 0 saturated carbocycles. The summed E-state index contributed by atoms with van der Waals surface area (Å²) in [4.78, 5) is 0.332. The molecule has 116 valence electrons. The summed E-state index contributed by atoms with van der Waals surface area (Å²) >= 11 is 0. The molecule has 1 atom stereocenters. The maximum atomic E-state index is 12.6. The van der Waals surface area contributed by atoms with Crippen molar-refractivity contribution >= 4 is 0 Å². The van der Waals surface area contributed by atoms with E-state index in [2.05, 4.69) is 13.2 Å². The Hall–Kier alpha value is -1.19. The van der Waals surface area contributed by atoms with Gasteiger partial charge in [-0.25, -0.2) is 0 Å². The molecule has 1 nitrogen and oxygen atoms in total. The lowest BCUT2D eigenvalue weighted by atomic mass is 9.93. The van der Waals surface area contributed by atoms with Crippen LogP contribution in [0.15, 0.2) is 36.1 Å². The van der Waals surface area contributed by atoms with Gasteiger partial charge in [-0.05, 0) is 45.4 Å². The van der Waals surface area contributed by atoms with Crippen molar-refractivity contribution in [1.82, 2.24) is 4.90 Å². The van der Waals surface area contributed by atoms with Crippen molar-refractivity contribution in [2.45, 2.75) is 52.8 Å². The molecule has 0 fully saturated rings. The molecule has 0 radical (unpaired) electrons. The molecule has 0 N–H and O–H groups in total. The third kappa shape index (κ3) is 5.85. The second-order valence-electron chi connectivity index (χ2n) is 5.18. The summed E-state index contributed by atoms with van der Waals surface area (Å²) in [6.45, 7) is 13.3. The fourth-order valence-electron chi connectivity index (χ4n) is 2.03. The van der Waals surface area contributed by atoms with Gasteiger partial charge >= 0.3 is 6.30 Å². The van der Waals surface area contributed by atoms with Gasteiger partial charge in [-0.2, -0.15) is 13.2 Å². The Kier molecular flexibility index (Phi) is 7.69. The predicted octanol–water partition coefficient (Wildman–Crippen LogP) is 5.67. The van der Waals surface area contributed by atoms with Gasteiger partial charge in [0.1, 0.15) is 0 Å². The molecule has 1 unspecified atom stereocenters. The van der Waals surface area contributed by atoms with E-state index in [1.807, 2.05) is 26.8 Å². The highest BCUT2D eigenvalue weighted by molar-refractivity contribution is 5.20. The first kappa shape index (κ1) is 18.8. The molecule has 0 bridgehead atoms. The fraction of sp³-hybridized carbons (Fsp3) is 0.625. The Morgan fingerprint density at radius 3 is 2.25 bits per heavy atom. The van der Waals surface area contributed by atoms with Crippen LogP contribution in [0.25, 0.3) is 0 Å². The van der Waals surface area contributed by atoms with Gasteiger partial charge in [0.25, 0.3) is 0 Å². The van der Waals surface area contributed by atoms with Crippen LogP contribution in [0.2, 0.25) is 0 Å². The summed E-state index contributed by atoms with van der Waals surface area (Å²) in [7, 11) is 1.04. The lowest BCUT2D eigenvalue weighted by molar-refractivity contribution is -0.226. The van der Waals surface area contributed by atoms with Crippen LogP contribution >= 0.6 is 0 Å². The minimum Gasteiger partial charge on any atom is -0.291 e. The first-order valence-electron chi connectivity index (χ1n) is 6.93. The topological polar surface area (TPSA) is 3.24 Å². The lowest BCUT2D eigenvalue weighted by Gasteiger charge is -2.29. The quantitative estimate of drug-likeness (QED) is 0.411. The molecule has 0 aliphatic carbocycles. The predicted molar refractivity (Wildman–Crippen MR) is 79.2 cm³/mol. The van der Waals surface area contributed by atoms with Gasteiger partial charge in [-0.1, -0.05) is 37.3 Å². The third-order valence-corrected chi connectivity index (χ3v) is 3.86. The van der Waals surface area contributed by atoms with E-state index in [0.29, 0.717) is 11.3 Å². The van der Waals surface area contributed by atoms with E-state index in [9.17, 15) is 13.2 Å². The molecule has 20 heavy (non-hydrogen) atoms. The highest BCUT2D eigenvalue weighted by atomic mass is 19.4. The molecule has 0 rings (SSSR count). The van der Waals surface area contributed by atoms with Crippen molar-refractivity contribution < 1.29 is 13.2 Å². The second kappa shape index (κ2) is 8.18. The van der Waals surface area contributed by atoms with Gasteiger partial charge in [0.05, 0.1) is 0 Å². The molecule has 0 amide bonds. The van der Waals surface area contributed by atoms with E-state index in [4.69, 9.17) is 0 Å². The number of hydrogen-bond acceptors (Lipinski definition) is 1. The van der Waals surface area contributed by atoms with Crippen molar-refractivity contribution in [2.24, 2.45) is 5.92 Å². The molecular formula is C16H26F3N. The fourth-order valence-corrected chi connectivity index (χ4v) is 2.03. The minimum absolute atomic E-state index is 0.126. The summed E-state index contributed by atoms with van der Waals surface area (Å²) in [6, 6.07) is 0. The van der Waals surface area contributed by atoms with Gasteiger partial charge in [-0.15, -0.1) is 0 Å². The number of halogens is 3. The third-order valence-electron chi connectivity index (χ3n) is 3.86. The summed E-state index contributed by atoms with van der Waals surface area (Å²) in [5.41, 5.74) is 2.54. The van der Waals surface area contributed by atoms with Gasteiger partial charge in [0, 0.05) is 12.7 Å². The molecule has 0 aliphatic heterocycles. The summed E-state index contributed by atoms with van der Waals surface area (Å²) in [5.74, 6) is -0.126. The van der Waals surface area contributed by atoms with E-state index >= 15 is 0 Å². The number of allylic oxidation sites excluding steroid dienone is 4. The molecule has 0 aromatic carbocycles. The molecule has 0 saturated heterocycles. The summed E-state index contributed by atoms with van der Waals surface area (Å²) < 4.78 is 37.9. The molecule has 0 aromatic heterocycles. The number of nitrogens with zero attached hydrogens (tertiary/aromatic N) is 1. The Morgan fingerprint density at radius 2 is 1.85 bits per heavy atom. The normalized spacial score (nSPS) is 14.6. The molecule has 0 spiro atoms. The molecule has 0 aliphatic rings. The zero-order chi connectivity index (χ0) is 15.9. The van der Waals surface area contributed by atoms with E-state index < -0.39 is 6.30 Å². The van der Waals surface area contributed by atoms with Gasteiger partial charge in [0.15, 0.2) is 0 Å². The molecule has 0 aromatic rings. The molecular weight excluding hydrogens is 263 g/mol. The average molecular weight is 289 g/mol. The standard InChI is InChI=1S/C16H26F3N/c1-7-12(3)13(4)10-9-11-15(8-2)14(5)20(6)16(17,18)19/h7,15H,1,5,8-11H2,2-4,6H3/b13-12-. The van der Waals surface area contributed by atoms with Crippen LogP contribution in [-0.2, 0) is 0 Å². The molecule has 4 heteroatoms. The zero-order valence-corrected chi connectivity index (χ0v) is 13.0. The lowest BCUT2D eigenvalue weighted by Crippen LogP contribution is -2.35. The van der Waals surface area contributed by atoms with Crippen LogP contribution in [0, 0.1) is 5.92 Å². The smallest absolute Gasteiger partial charge is 0.291 e. The van der Waals surface area contributed by atoms with Crippen molar-refractivity contribution in [3.63, 3.8) is 0 Å². The van der Waals surface area contributed by atoms with Gasteiger partial charge in [-0.3, -0.25) is 4.90 Å². The first-order valence-corrected chi connectivity index (χ1v) is 6.93. The van der Waals surface area contributed by atoms with Crippen LogP contribution in [0.5, 0.6) is 0 Å². The second-order valence-corrected chi connectivity index (χ2v) is 5.18. The SMILES string of the molecule is C=C/C(C)=C(/C)CCCC(CC)C(=C)N(C)C(F)(F)F. The van der Waals surface area contributed by atoms with Crippen LogP contribution in [0.4, 0.5) is 13.2 Å². The van der Waals surface area contributed by atoms with Crippen molar-refractivity contribution in [1.29, 1.82) is 0 Å². The van der Waals surface area contributed by atoms with Crippen molar-refractivity contribution in [3.8, 4) is 0 Å². The Balaban J connectivity index is 4.51. The van der Waals surface area contributed by atoms with E-state index in [0.717, 1.165) is 31.9 Å². The van der Waals surface area contributed by atoms with Gasteiger partial charge in [0.2, 0.25) is 0 Å². The van der Waals surface area contributed by atoms with Crippen LogP contribution in [0.1, 0.15) is 46.5 Å². The van der Waals surface area contributed by atoms with E-state index in [1.54, 1.807) is 0 Å². The Bertz CT molecular complexity index is 366. The van der Waals surface area contributed by atoms with Gasteiger partial charge < -0.3 is 0 Å². The summed E-state index contributed by atoms with van der Waals surface area (Å²) in [5, 5.41) is 0. The molecule has 0 heterocycles. The minimum atomic E-state index is -4.35. The van der Waals surface area contributed by atoms with Crippen LogP contribution in [0.3, 0.4) is 0 Å². The van der Waals surface area contributed by atoms with Crippen molar-refractivity contribution in [3.05, 3.63) is 36.1 Å². The highest BCUT2D eigenvalue weighted by Crippen LogP contribution is 2.30. The van der Waals surface area contributed by atoms with E-state index in [1.165, 1.54) is 5.57 Å². The largest absolute Gasteiger partial charge is 0.484 e. The van der Waals surface area contributed by atoms with Crippen LogP contribution in [-0.4, -0.2) is 18.2 Å². The monoisotopic (exact) mass is 289 g/mol. The van der Waals surface area contributed by atoms with Crippen molar-refractivity contribution in [2.75, 3.05) is 7.05 Å². The summed E-state index contributed by atoms with van der Waals surface area (Å²) in [6.07, 6.45) is 0.598. The zero-order valence-electron chi connectivity index (χ0n) is 13.0. The van der Waals surface area contributed by atoms with Crippen LogP contribution < -0.4 is 0 Å². The maximum absolute atomic E-state index is 12.6. The number of rotatable bonds is 8. The maximum Gasteiger partial charge on any atom is 0.484 e. The highest BCUT2D eigenvalue weighted by Gasteiger charge is 2.36.